The zero-order chi connectivity index (χ0) is 12.5. The normalized spacial score (nSPS) is 11.0. The van der Waals surface area contributed by atoms with E-state index in [1.807, 2.05) is 29.0 Å². The molecule has 0 radical (unpaired) electrons. The highest BCUT2D eigenvalue weighted by Gasteiger charge is 2.06. The molecule has 0 aliphatic rings. The van der Waals surface area contributed by atoms with E-state index in [2.05, 4.69) is 20.9 Å². The maximum atomic E-state index is 13.7. The van der Waals surface area contributed by atoms with Crippen LogP contribution in [-0.4, -0.2) is 9.55 Å². The molecule has 0 amide bonds. The summed E-state index contributed by atoms with van der Waals surface area (Å²) in [6.07, 6.45) is 3.68. The number of hydrogen-bond donors (Lipinski definition) is 0. The van der Waals surface area contributed by atoms with Gasteiger partial charge in [-0.3, -0.25) is 4.98 Å². The van der Waals surface area contributed by atoms with Gasteiger partial charge in [0, 0.05) is 22.4 Å². The number of hydrogen-bond acceptors (Lipinski definition) is 1. The van der Waals surface area contributed by atoms with Crippen molar-refractivity contribution in [2.24, 2.45) is 0 Å². The van der Waals surface area contributed by atoms with Gasteiger partial charge in [-0.15, -0.1) is 0 Å². The first-order valence-corrected chi connectivity index (χ1v) is 6.37. The van der Waals surface area contributed by atoms with Crippen LogP contribution in [0.15, 0.2) is 53.3 Å². The van der Waals surface area contributed by atoms with Gasteiger partial charge in [0.05, 0.1) is 17.6 Å². The molecule has 0 atom stereocenters. The Morgan fingerprint density at radius 3 is 3.00 bits per heavy atom. The lowest BCUT2D eigenvalue weighted by molar-refractivity contribution is 0.601. The van der Waals surface area contributed by atoms with Gasteiger partial charge in [-0.1, -0.05) is 15.9 Å². The molecule has 2 nitrogen and oxygen atoms in total. The van der Waals surface area contributed by atoms with E-state index < -0.39 is 0 Å². The molecule has 0 saturated heterocycles. The van der Waals surface area contributed by atoms with Crippen molar-refractivity contribution in [2.75, 3.05) is 0 Å². The van der Waals surface area contributed by atoms with E-state index in [0.717, 1.165) is 15.5 Å². The second kappa shape index (κ2) is 4.53. The summed E-state index contributed by atoms with van der Waals surface area (Å²) in [5.74, 6) is -0.191. The molecule has 0 unspecified atom stereocenters. The zero-order valence-electron chi connectivity index (χ0n) is 9.48. The first kappa shape index (κ1) is 11.4. The number of benzene rings is 1. The summed E-state index contributed by atoms with van der Waals surface area (Å²) in [7, 11) is 0. The molecule has 0 bridgehead atoms. The van der Waals surface area contributed by atoms with Gasteiger partial charge < -0.3 is 4.57 Å². The molecule has 0 fully saturated rings. The van der Waals surface area contributed by atoms with Crippen molar-refractivity contribution in [3.8, 4) is 0 Å². The van der Waals surface area contributed by atoms with Crippen LogP contribution in [0.1, 0.15) is 5.56 Å². The lowest BCUT2D eigenvalue weighted by Crippen LogP contribution is -2.00. The molecule has 0 aliphatic heterocycles. The molecular weight excluding hydrogens is 295 g/mol. The fraction of sp³-hybridized carbons (Fsp3) is 0.0714. The monoisotopic (exact) mass is 304 g/mol. The van der Waals surface area contributed by atoms with Crippen LogP contribution in [0, 0.1) is 5.82 Å². The van der Waals surface area contributed by atoms with Crippen LogP contribution < -0.4 is 0 Å². The van der Waals surface area contributed by atoms with Crippen molar-refractivity contribution in [3.63, 3.8) is 0 Å². The van der Waals surface area contributed by atoms with Crippen LogP contribution in [0.25, 0.3) is 11.0 Å². The number of rotatable bonds is 2. The van der Waals surface area contributed by atoms with E-state index in [0.29, 0.717) is 12.1 Å². The Bertz CT molecular complexity index is 706. The average molecular weight is 305 g/mol. The Kier molecular flexibility index (Phi) is 2.88. The minimum absolute atomic E-state index is 0.191. The van der Waals surface area contributed by atoms with Gasteiger partial charge in [0.1, 0.15) is 5.82 Å². The van der Waals surface area contributed by atoms with Crippen LogP contribution in [0.4, 0.5) is 4.39 Å². The number of aromatic nitrogens is 2. The number of fused-ring (bicyclic) bond motifs is 1. The van der Waals surface area contributed by atoms with Crippen molar-refractivity contribution in [3.05, 3.63) is 64.6 Å². The van der Waals surface area contributed by atoms with E-state index in [4.69, 9.17) is 0 Å². The van der Waals surface area contributed by atoms with Gasteiger partial charge in [0.25, 0.3) is 0 Å². The minimum atomic E-state index is -0.191. The van der Waals surface area contributed by atoms with E-state index in [1.54, 1.807) is 18.3 Å². The highest BCUT2D eigenvalue weighted by atomic mass is 79.9. The van der Waals surface area contributed by atoms with E-state index in [9.17, 15) is 4.39 Å². The van der Waals surface area contributed by atoms with Gasteiger partial charge in [0.15, 0.2) is 0 Å². The molecule has 3 aromatic rings. The number of pyridine rings is 1. The van der Waals surface area contributed by atoms with Gasteiger partial charge in [-0.2, -0.15) is 0 Å². The Labute approximate surface area is 112 Å². The SMILES string of the molecule is Fc1ccc(Br)cc1Cn1ccc2ncccc21. The summed E-state index contributed by atoms with van der Waals surface area (Å²) >= 11 is 3.36. The Morgan fingerprint density at radius 1 is 1.22 bits per heavy atom. The molecule has 0 saturated carbocycles. The van der Waals surface area contributed by atoms with Crippen molar-refractivity contribution >= 4 is 27.0 Å². The fourth-order valence-electron chi connectivity index (χ4n) is 2.01. The Morgan fingerprint density at radius 2 is 2.11 bits per heavy atom. The van der Waals surface area contributed by atoms with Crippen LogP contribution in [0.2, 0.25) is 0 Å². The quantitative estimate of drug-likeness (QED) is 0.700. The van der Waals surface area contributed by atoms with Gasteiger partial charge >= 0.3 is 0 Å². The third-order valence-electron chi connectivity index (χ3n) is 2.89. The van der Waals surface area contributed by atoms with Crippen molar-refractivity contribution < 1.29 is 4.39 Å². The molecule has 1 aromatic carbocycles. The molecule has 2 aromatic heterocycles. The second-order valence-electron chi connectivity index (χ2n) is 4.09. The average Bonchev–Trinajstić information content (AvgIpc) is 2.78. The van der Waals surface area contributed by atoms with Crippen molar-refractivity contribution in [1.82, 2.24) is 9.55 Å². The maximum Gasteiger partial charge on any atom is 0.128 e. The summed E-state index contributed by atoms with van der Waals surface area (Å²) in [4.78, 5) is 4.26. The number of halogens is 2. The Hall–Kier alpha value is -1.68. The molecule has 0 N–H and O–H groups in total. The molecular formula is C14H10BrFN2. The topological polar surface area (TPSA) is 17.8 Å². The highest BCUT2D eigenvalue weighted by Crippen LogP contribution is 2.19. The Balaban J connectivity index is 2.04. The minimum Gasteiger partial charge on any atom is -0.342 e. The molecule has 4 heteroatoms. The summed E-state index contributed by atoms with van der Waals surface area (Å²) in [5.41, 5.74) is 2.59. The van der Waals surface area contributed by atoms with E-state index >= 15 is 0 Å². The molecule has 18 heavy (non-hydrogen) atoms. The number of nitrogens with zero attached hydrogens (tertiary/aromatic N) is 2. The molecule has 2 heterocycles. The van der Waals surface area contributed by atoms with Gasteiger partial charge in [0.2, 0.25) is 0 Å². The maximum absolute atomic E-state index is 13.7. The fourth-order valence-corrected chi connectivity index (χ4v) is 2.42. The predicted octanol–water partition coefficient (Wildman–Crippen LogP) is 3.99. The largest absolute Gasteiger partial charge is 0.342 e. The van der Waals surface area contributed by atoms with Crippen LogP contribution in [-0.2, 0) is 6.54 Å². The molecule has 0 spiro atoms. The standard InChI is InChI=1S/C14H10BrFN2/c15-11-3-4-12(16)10(8-11)9-18-7-5-13-14(18)2-1-6-17-13/h1-8H,9H2. The molecule has 0 aliphatic carbocycles. The van der Waals surface area contributed by atoms with Crippen LogP contribution in [0.3, 0.4) is 0 Å². The summed E-state index contributed by atoms with van der Waals surface area (Å²) in [5, 5.41) is 0. The van der Waals surface area contributed by atoms with E-state index in [-0.39, 0.29) is 5.82 Å². The van der Waals surface area contributed by atoms with E-state index in [1.165, 1.54) is 6.07 Å². The first-order valence-electron chi connectivity index (χ1n) is 5.58. The smallest absolute Gasteiger partial charge is 0.128 e. The van der Waals surface area contributed by atoms with Gasteiger partial charge in [-0.25, -0.2) is 4.39 Å². The molecule has 3 rings (SSSR count). The zero-order valence-corrected chi connectivity index (χ0v) is 11.1. The lowest BCUT2D eigenvalue weighted by atomic mass is 10.2. The van der Waals surface area contributed by atoms with Crippen LogP contribution in [0.5, 0.6) is 0 Å². The van der Waals surface area contributed by atoms with Crippen molar-refractivity contribution in [2.45, 2.75) is 6.54 Å². The van der Waals surface area contributed by atoms with Crippen molar-refractivity contribution in [1.29, 1.82) is 0 Å². The highest BCUT2D eigenvalue weighted by molar-refractivity contribution is 9.10. The predicted molar refractivity (Wildman–Crippen MR) is 72.9 cm³/mol. The lowest BCUT2D eigenvalue weighted by Gasteiger charge is -2.07. The second-order valence-corrected chi connectivity index (χ2v) is 5.00. The summed E-state index contributed by atoms with van der Waals surface area (Å²) in [6, 6.07) is 10.8. The third-order valence-corrected chi connectivity index (χ3v) is 3.38. The molecule has 90 valence electrons. The summed E-state index contributed by atoms with van der Waals surface area (Å²) in [6.45, 7) is 0.500. The first-order chi connectivity index (χ1) is 8.74. The van der Waals surface area contributed by atoms with Crippen LogP contribution >= 0.6 is 15.9 Å². The van der Waals surface area contributed by atoms with Gasteiger partial charge in [-0.05, 0) is 36.4 Å². The summed E-state index contributed by atoms with van der Waals surface area (Å²) < 4.78 is 16.6. The third kappa shape index (κ3) is 2.04.